The highest BCUT2D eigenvalue weighted by Gasteiger charge is 2.45. The fourth-order valence-electron chi connectivity index (χ4n) is 3.66. The van der Waals surface area contributed by atoms with E-state index in [1.807, 2.05) is 6.92 Å². The zero-order valence-corrected chi connectivity index (χ0v) is 12.9. The maximum atomic E-state index is 12.1. The van der Waals surface area contributed by atoms with Gasteiger partial charge in [-0.25, -0.2) is 0 Å². The Bertz CT molecular complexity index is 323. The van der Waals surface area contributed by atoms with Crippen LogP contribution >= 0.6 is 0 Å². The maximum Gasteiger partial charge on any atom is 0.237 e. The molecule has 2 fully saturated rings. The quantitative estimate of drug-likeness (QED) is 0.786. The molecule has 1 saturated carbocycles. The Morgan fingerprint density at radius 2 is 1.95 bits per heavy atom. The number of morpholine rings is 1. The lowest BCUT2D eigenvalue weighted by atomic mass is 9.86. The van der Waals surface area contributed by atoms with E-state index >= 15 is 0 Å². The summed E-state index contributed by atoms with van der Waals surface area (Å²) in [6.45, 7) is 7.64. The molecule has 5 heteroatoms. The Balaban J connectivity index is 2.05. The summed E-state index contributed by atoms with van der Waals surface area (Å²) in [4.78, 5) is 14.6. The molecule has 0 aromatic heterocycles. The number of hydrogen-bond acceptors (Lipinski definition) is 4. The standard InChI is InChI=1S/C15H29N3O2/c1-3-13(16)14(19)17-12(2)15(6-4-5-7-15)18-8-10-20-11-9-18/h12-13H,3-11,16H2,1-2H3,(H,17,19)/t12?,13-/m0/s1. The number of ether oxygens (including phenoxy) is 1. The van der Waals surface area contributed by atoms with Crippen molar-refractivity contribution < 1.29 is 9.53 Å². The molecule has 2 rings (SSSR count). The molecule has 1 aliphatic heterocycles. The molecule has 1 aliphatic carbocycles. The van der Waals surface area contributed by atoms with Gasteiger partial charge in [0.25, 0.3) is 0 Å². The Hall–Kier alpha value is -0.650. The highest BCUT2D eigenvalue weighted by molar-refractivity contribution is 5.81. The van der Waals surface area contributed by atoms with Gasteiger partial charge in [0.15, 0.2) is 0 Å². The predicted octanol–water partition coefficient (Wildman–Crippen LogP) is 0.873. The summed E-state index contributed by atoms with van der Waals surface area (Å²) in [5.74, 6) is -0.0143. The summed E-state index contributed by atoms with van der Waals surface area (Å²) in [5.41, 5.74) is 5.94. The second kappa shape index (κ2) is 6.87. The number of hydrogen-bond donors (Lipinski definition) is 2. The number of amides is 1. The molecule has 0 bridgehead atoms. The lowest BCUT2D eigenvalue weighted by Gasteiger charge is -2.47. The van der Waals surface area contributed by atoms with E-state index in [1.165, 1.54) is 12.8 Å². The van der Waals surface area contributed by atoms with Crippen LogP contribution < -0.4 is 11.1 Å². The van der Waals surface area contributed by atoms with Gasteiger partial charge in [-0.2, -0.15) is 0 Å². The van der Waals surface area contributed by atoms with Gasteiger partial charge >= 0.3 is 0 Å². The minimum atomic E-state index is -0.388. The van der Waals surface area contributed by atoms with Crippen LogP contribution in [-0.2, 0) is 9.53 Å². The van der Waals surface area contributed by atoms with Crippen LogP contribution in [0, 0.1) is 0 Å². The summed E-state index contributed by atoms with van der Waals surface area (Å²) in [7, 11) is 0. The van der Waals surface area contributed by atoms with Crippen LogP contribution in [0.4, 0.5) is 0 Å². The average Bonchev–Trinajstić information content (AvgIpc) is 2.98. The zero-order valence-electron chi connectivity index (χ0n) is 12.9. The first-order valence-corrected chi connectivity index (χ1v) is 7.99. The minimum absolute atomic E-state index is 0.0143. The number of nitrogens with zero attached hydrogens (tertiary/aromatic N) is 1. The Morgan fingerprint density at radius 3 is 2.50 bits per heavy atom. The molecule has 1 amide bonds. The molecule has 0 aromatic rings. The highest BCUT2D eigenvalue weighted by Crippen LogP contribution is 2.38. The number of rotatable bonds is 5. The first kappa shape index (κ1) is 15.7. The van der Waals surface area contributed by atoms with Gasteiger partial charge in [0.05, 0.1) is 19.3 Å². The van der Waals surface area contributed by atoms with E-state index in [4.69, 9.17) is 10.5 Å². The van der Waals surface area contributed by atoms with Crippen molar-refractivity contribution in [2.45, 2.75) is 63.6 Å². The van der Waals surface area contributed by atoms with Gasteiger partial charge in [0.2, 0.25) is 5.91 Å². The number of nitrogens with two attached hydrogens (primary N) is 1. The van der Waals surface area contributed by atoms with Crippen molar-refractivity contribution in [2.24, 2.45) is 5.73 Å². The van der Waals surface area contributed by atoms with Crippen molar-refractivity contribution in [1.29, 1.82) is 0 Å². The van der Waals surface area contributed by atoms with Crippen molar-refractivity contribution in [1.82, 2.24) is 10.2 Å². The molecule has 0 radical (unpaired) electrons. The number of carbonyl (C=O) groups excluding carboxylic acids is 1. The second-order valence-corrected chi connectivity index (χ2v) is 6.16. The van der Waals surface area contributed by atoms with E-state index in [1.54, 1.807) is 0 Å². The van der Waals surface area contributed by atoms with Crippen LogP contribution in [0.5, 0.6) is 0 Å². The summed E-state index contributed by atoms with van der Waals surface area (Å²) >= 11 is 0. The lowest BCUT2D eigenvalue weighted by Crippen LogP contribution is -2.63. The largest absolute Gasteiger partial charge is 0.379 e. The van der Waals surface area contributed by atoms with Crippen LogP contribution in [0.25, 0.3) is 0 Å². The predicted molar refractivity (Wildman–Crippen MR) is 79.5 cm³/mol. The topological polar surface area (TPSA) is 67.6 Å². The maximum absolute atomic E-state index is 12.1. The monoisotopic (exact) mass is 283 g/mol. The van der Waals surface area contributed by atoms with Crippen molar-refractivity contribution >= 4 is 5.91 Å². The number of nitrogens with one attached hydrogen (secondary N) is 1. The minimum Gasteiger partial charge on any atom is -0.379 e. The molecular weight excluding hydrogens is 254 g/mol. The first-order valence-electron chi connectivity index (χ1n) is 7.99. The molecule has 0 spiro atoms. The van der Waals surface area contributed by atoms with Gasteiger partial charge in [0.1, 0.15) is 0 Å². The normalized spacial score (nSPS) is 26.1. The van der Waals surface area contributed by atoms with Gasteiger partial charge in [-0.05, 0) is 26.2 Å². The first-order chi connectivity index (χ1) is 9.60. The van der Waals surface area contributed by atoms with E-state index in [0.29, 0.717) is 6.42 Å². The van der Waals surface area contributed by atoms with E-state index in [9.17, 15) is 4.79 Å². The Kier molecular flexibility index (Phi) is 5.41. The summed E-state index contributed by atoms with van der Waals surface area (Å²) in [5, 5.41) is 3.16. The Morgan fingerprint density at radius 1 is 1.35 bits per heavy atom. The summed E-state index contributed by atoms with van der Waals surface area (Å²) in [6.07, 6.45) is 5.50. The third kappa shape index (κ3) is 3.15. The molecule has 0 aromatic carbocycles. The van der Waals surface area contributed by atoms with Crippen molar-refractivity contribution in [3.8, 4) is 0 Å². The number of carbonyl (C=O) groups is 1. The van der Waals surface area contributed by atoms with Crippen molar-refractivity contribution in [3.05, 3.63) is 0 Å². The Labute approximate surface area is 122 Å². The van der Waals surface area contributed by atoms with Gasteiger partial charge in [0, 0.05) is 24.7 Å². The van der Waals surface area contributed by atoms with Gasteiger partial charge in [-0.3, -0.25) is 9.69 Å². The molecule has 3 N–H and O–H groups in total. The van der Waals surface area contributed by atoms with Gasteiger partial charge < -0.3 is 15.8 Å². The fourth-order valence-corrected chi connectivity index (χ4v) is 3.66. The van der Waals surface area contributed by atoms with E-state index in [2.05, 4.69) is 17.1 Å². The van der Waals surface area contributed by atoms with E-state index < -0.39 is 0 Å². The van der Waals surface area contributed by atoms with Gasteiger partial charge in [-0.1, -0.05) is 19.8 Å². The average molecular weight is 283 g/mol. The van der Waals surface area contributed by atoms with Crippen LogP contribution in [0.1, 0.15) is 46.0 Å². The molecule has 20 heavy (non-hydrogen) atoms. The third-order valence-electron chi connectivity index (χ3n) is 5.05. The molecule has 2 atom stereocenters. The molecule has 116 valence electrons. The third-order valence-corrected chi connectivity index (χ3v) is 5.05. The van der Waals surface area contributed by atoms with Crippen LogP contribution in [0.15, 0.2) is 0 Å². The van der Waals surface area contributed by atoms with E-state index in [-0.39, 0.29) is 23.5 Å². The molecule has 1 heterocycles. The van der Waals surface area contributed by atoms with Crippen molar-refractivity contribution in [2.75, 3.05) is 26.3 Å². The molecule has 1 saturated heterocycles. The molecular formula is C15H29N3O2. The highest BCUT2D eigenvalue weighted by atomic mass is 16.5. The molecule has 2 aliphatic rings. The second-order valence-electron chi connectivity index (χ2n) is 6.16. The molecule has 5 nitrogen and oxygen atoms in total. The summed E-state index contributed by atoms with van der Waals surface area (Å²) < 4.78 is 5.47. The van der Waals surface area contributed by atoms with Crippen molar-refractivity contribution in [3.63, 3.8) is 0 Å². The zero-order chi connectivity index (χ0) is 14.6. The van der Waals surface area contributed by atoms with Crippen LogP contribution in [-0.4, -0.2) is 54.7 Å². The molecule has 1 unspecified atom stereocenters. The summed E-state index contributed by atoms with van der Waals surface area (Å²) in [6, 6.07) is -0.242. The van der Waals surface area contributed by atoms with Gasteiger partial charge in [-0.15, -0.1) is 0 Å². The smallest absolute Gasteiger partial charge is 0.237 e. The lowest BCUT2D eigenvalue weighted by molar-refractivity contribution is -0.124. The van der Waals surface area contributed by atoms with Crippen LogP contribution in [0.2, 0.25) is 0 Å². The van der Waals surface area contributed by atoms with E-state index in [0.717, 1.165) is 39.1 Å². The SMILES string of the molecule is CC[C@H](N)C(=O)NC(C)C1(N2CCOCC2)CCCC1. The van der Waals surface area contributed by atoms with Crippen LogP contribution in [0.3, 0.4) is 0 Å². The fraction of sp³-hybridized carbons (Fsp3) is 0.933.